The predicted octanol–water partition coefficient (Wildman–Crippen LogP) is 2.50. The van der Waals surface area contributed by atoms with Gasteiger partial charge in [0, 0.05) is 16.7 Å². The third kappa shape index (κ3) is 1.14. The van der Waals surface area contributed by atoms with E-state index in [-0.39, 0.29) is 34.4 Å². The van der Waals surface area contributed by atoms with E-state index in [1.165, 1.54) is 5.57 Å². The van der Waals surface area contributed by atoms with Crippen LogP contribution >= 0.6 is 0 Å². The topological polar surface area (TPSA) is 40.5 Å². The summed E-state index contributed by atoms with van der Waals surface area (Å²) in [4.78, 5) is 0. The second kappa shape index (κ2) is 2.97. The Hall–Kier alpha value is -0.340. The van der Waals surface area contributed by atoms with Crippen LogP contribution in [0, 0.1) is 22.2 Å². The molecule has 0 aliphatic heterocycles. The molecule has 3 rings (SSSR count). The van der Waals surface area contributed by atoms with E-state index < -0.39 is 0 Å². The van der Waals surface area contributed by atoms with Crippen LogP contribution in [0.5, 0.6) is 0 Å². The molecule has 2 heteroatoms. The lowest BCUT2D eigenvalue weighted by Gasteiger charge is -2.39. The molecule has 2 N–H and O–H groups in total. The van der Waals surface area contributed by atoms with Crippen LogP contribution in [0.3, 0.4) is 0 Å². The van der Waals surface area contributed by atoms with Crippen molar-refractivity contribution in [1.82, 2.24) is 0 Å². The molecule has 0 aromatic carbocycles. The van der Waals surface area contributed by atoms with E-state index in [1.54, 1.807) is 0 Å². The van der Waals surface area contributed by atoms with Gasteiger partial charge in [-0.1, -0.05) is 39.3 Å². The number of hydrogen-bond acceptors (Lipinski definition) is 2. The quantitative estimate of drug-likeness (QED) is 0.634. The summed E-state index contributed by atoms with van der Waals surface area (Å²) >= 11 is 0. The molecule has 0 aromatic heterocycles. The van der Waals surface area contributed by atoms with Crippen molar-refractivity contribution in [1.29, 1.82) is 0 Å². The third-order valence-corrected chi connectivity index (χ3v) is 6.12. The van der Waals surface area contributed by atoms with E-state index in [0.29, 0.717) is 0 Å². The Morgan fingerprint density at radius 2 is 1.82 bits per heavy atom. The fourth-order valence-electron chi connectivity index (χ4n) is 4.87. The SMILES string of the molecule is CC1(C)C=C2[C@H](C1)[C@H](O)[C@@]1(C)CC[C@@H](O)[C@@]21C. The second-order valence-corrected chi connectivity index (χ2v) is 7.52. The second-order valence-electron chi connectivity index (χ2n) is 7.52. The van der Waals surface area contributed by atoms with Gasteiger partial charge in [-0.05, 0) is 24.7 Å². The Morgan fingerprint density at radius 3 is 2.47 bits per heavy atom. The Kier molecular flexibility index (Phi) is 2.05. The standard InChI is InChI=1S/C15H24O2/c1-13(2)7-9-10(8-13)15(4)11(16)5-6-14(15,3)12(9)17/h8-9,11-12,16-17H,5-7H2,1-4H3/t9-,11+,12-,14+,15+/m0/s1. The van der Waals surface area contributed by atoms with Gasteiger partial charge in [0.2, 0.25) is 0 Å². The van der Waals surface area contributed by atoms with E-state index in [0.717, 1.165) is 19.3 Å². The molecular weight excluding hydrogens is 212 g/mol. The average molecular weight is 236 g/mol. The number of hydrogen-bond donors (Lipinski definition) is 2. The minimum atomic E-state index is -0.285. The number of fused-ring (bicyclic) bond motifs is 3. The first-order valence-electron chi connectivity index (χ1n) is 6.82. The highest BCUT2D eigenvalue weighted by molar-refractivity contribution is 5.39. The van der Waals surface area contributed by atoms with Crippen molar-refractivity contribution in [3.05, 3.63) is 11.6 Å². The minimum absolute atomic E-state index is 0.126. The van der Waals surface area contributed by atoms with Gasteiger partial charge in [0.05, 0.1) is 12.2 Å². The molecule has 96 valence electrons. The van der Waals surface area contributed by atoms with Crippen LogP contribution in [-0.4, -0.2) is 22.4 Å². The highest BCUT2D eigenvalue weighted by Gasteiger charge is 2.68. The van der Waals surface area contributed by atoms with E-state index in [1.807, 2.05) is 0 Å². The first-order valence-corrected chi connectivity index (χ1v) is 6.82. The highest BCUT2D eigenvalue weighted by Crippen LogP contribution is 2.70. The van der Waals surface area contributed by atoms with E-state index >= 15 is 0 Å². The number of allylic oxidation sites excluding steroid dienone is 1. The molecule has 0 unspecified atom stereocenters. The maximum absolute atomic E-state index is 10.7. The normalized spacial score (nSPS) is 55.6. The van der Waals surface area contributed by atoms with E-state index in [9.17, 15) is 10.2 Å². The van der Waals surface area contributed by atoms with Gasteiger partial charge >= 0.3 is 0 Å². The number of aliphatic hydroxyl groups is 2. The molecule has 0 radical (unpaired) electrons. The van der Waals surface area contributed by atoms with Gasteiger partial charge in [-0.2, -0.15) is 0 Å². The van der Waals surface area contributed by atoms with Gasteiger partial charge in [-0.3, -0.25) is 0 Å². The van der Waals surface area contributed by atoms with Crippen molar-refractivity contribution in [3.8, 4) is 0 Å². The summed E-state index contributed by atoms with van der Waals surface area (Å²) < 4.78 is 0. The zero-order valence-corrected chi connectivity index (χ0v) is 11.3. The first-order chi connectivity index (χ1) is 7.72. The largest absolute Gasteiger partial charge is 0.392 e. The molecule has 17 heavy (non-hydrogen) atoms. The van der Waals surface area contributed by atoms with Crippen LogP contribution in [0.4, 0.5) is 0 Å². The monoisotopic (exact) mass is 236 g/mol. The summed E-state index contributed by atoms with van der Waals surface area (Å²) in [5, 5.41) is 21.1. The first kappa shape index (κ1) is 11.7. The molecule has 0 saturated heterocycles. The van der Waals surface area contributed by atoms with Crippen molar-refractivity contribution in [2.24, 2.45) is 22.2 Å². The van der Waals surface area contributed by atoms with Crippen molar-refractivity contribution >= 4 is 0 Å². The van der Waals surface area contributed by atoms with Crippen molar-refractivity contribution in [2.45, 2.75) is 59.2 Å². The van der Waals surface area contributed by atoms with Crippen LogP contribution in [0.15, 0.2) is 11.6 Å². The van der Waals surface area contributed by atoms with Crippen molar-refractivity contribution in [2.75, 3.05) is 0 Å². The highest BCUT2D eigenvalue weighted by atomic mass is 16.3. The zero-order valence-electron chi connectivity index (χ0n) is 11.3. The molecule has 2 nitrogen and oxygen atoms in total. The minimum Gasteiger partial charge on any atom is -0.392 e. The Labute approximate surface area is 104 Å². The number of rotatable bonds is 0. The van der Waals surface area contributed by atoms with Crippen LogP contribution in [0.1, 0.15) is 47.0 Å². The average Bonchev–Trinajstić information content (AvgIpc) is 2.73. The Morgan fingerprint density at radius 1 is 1.18 bits per heavy atom. The summed E-state index contributed by atoms with van der Waals surface area (Å²) in [5.74, 6) is 0.273. The lowest BCUT2D eigenvalue weighted by atomic mass is 9.66. The molecular formula is C15H24O2. The van der Waals surface area contributed by atoms with Crippen LogP contribution in [0.2, 0.25) is 0 Å². The molecule has 2 saturated carbocycles. The molecule has 0 heterocycles. The predicted molar refractivity (Wildman–Crippen MR) is 67.4 cm³/mol. The maximum atomic E-state index is 10.7. The van der Waals surface area contributed by atoms with E-state index in [4.69, 9.17) is 0 Å². The summed E-state index contributed by atoms with van der Waals surface area (Å²) in [6, 6.07) is 0. The van der Waals surface area contributed by atoms with Gasteiger partial charge in [0.25, 0.3) is 0 Å². The van der Waals surface area contributed by atoms with Crippen LogP contribution < -0.4 is 0 Å². The number of aliphatic hydroxyl groups excluding tert-OH is 2. The Balaban J connectivity index is 2.16. The summed E-state index contributed by atoms with van der Waals surface area (Å²) in [5.41, 5.74) is 1.18. The Bertz CT molecular complexity index is 398. The fourth-order valence-corrected chi connectivity index (χ4v) is 4.87. The molecule has 2 fully saturated rings. The molecule has 0 spiro atoms. The summed E-state index contributed by atoms with van der Waals surface area (Å²) in [7, 11) is 0. The molecule has 3 aliphatic carbocycles. The lowest BCUT2D eigenvalue weighted by Crippen LogP contribution is -2.41. The molecule has 0 amide bonds. The van der Waals surface area contributed by atoms with Crippen molar-refractivity contribution in [3.63, 3.8) is 0 Å². The molecule has 5 atom stereocenters. The lowest BCUT2D eigenvalue weighted by molar-refractivity contribution is -0.0282. The molecule has 0 bridgehead atoms. The molecule has 3 aliphatic rings. The van der Waals surface area contributed by atoms with Crippen LogP contribution in [-0.2, 0) is 0 Å². The maximum Gasteiger partial charge on any atom is 0.0668 e. The van der Waals surface area contributed by atoms with Crippen LogP contribution in [0.25, 0.3) is 0 Å². The van der Waals surface area contributed by atoms with Gasteiger partial charge in [-0.15, -0.1) is 0 Å². The van der Waals surface area contributed by atoms with Gasteiger partial charge in [-0.25, -0.2) is 0 Å². The summed E-state index contributed by atoms with van der Waals surface area (Å²) in [6.45, 7) is 8.79. The van der Waals surface area contributed by atoms with Gasteiger partial charge in [0.1, 0.15) is 0 Å². The molecule has 0 aromatic rings. The van der Waals surface area contributed by atoms with Gasteiger partial charge in [0.15, 0.2) is 0 Å². The third-order valence-electron chi connectivity index (χ3n) is 6.12. The fraction of sp³-hybridized carbons (Fsp3) is 0.867. The summed E-state index contributed by atoms with van der Waals surface area (Å²) in [6.07, 6.45) is 4.57. The zero-order chi connectivity index (χ0) is 12.6. The van der Waals surface area contributed by atoms with E-state index in [2.05, 4.69) is 33.8 Å². The van der Waals surface area contributed by atoms with Crippen molar-refractivity contribution < 1.29 is 10.2 Å². The smallest absolute Gasteiger partial charge is 0.0668 e. The van der Waals surface area contributed by atoms with Gasteiger partial charge < -0.3 is 10.2 Å².